The van der Waals surface area contributed by atoms with E-state index in [1.807, 2.05) is 6.08 Å². The van der Waals surface area contributed by atoms with Gasteiger partial charge < -0.3 is 5.11 Å². The van der Waals surface area contributed by atoms with Crippen molar-refractivity contribution < 1.29 is 5.11 Å². The third kappa shape index (κ3) is 0.807. The molecule has 1 N–H and O–H groups in total. The Bertz CT molecular complexity index is 162. The highest BCUT2D eigenvalue weighted by Crippen LogP contribution is 2.65. The highest BCUT2D eigenvalue weighted by atomic mass is 16.3. The summed E-state index contributed by atoms with van der Waals surface area (Å²) in [4.78, 5) is 0. The Morgan fingerprint density at radius 3 is 2.27 bits per heavy atom. The molecule has 0 aromatic rings. The molecule has 2 unspecified atom stereocenters. The Balaban J connectivity index is 2.11. The quantitative estimate of drug-likeness (QED) is 0.600. The van der Waals surface area contributed by atoms with Crippen LogP contribution in [0.4, 0.5) is 0 Å². The van der Waals surface area contributed by atoms with Crippen LogP contribution >= 0.6 is 0 Å². The molecule has 1 nitrogen and oxygen atoms in total. The van der Waals surface area contributed by atoms with Gasteiger partial charge in [-0.15, -0.1) is 6.58 Å². The van der Waals surface area contributed by atoms with E-state index in [0.717, 1.165) is 11.8 Å². The zero-order valence-electron chi connectivity index (χ0n) is 6.92. The van der Waals surface area contributed by atoms with Crippen LogP contribution in [0.15, 0.2) is 12.7 Å². The lowest BCUT2D eigenvalue weighted by Crippen LogP contribution is -2.06. The van der Waals surface area contributed by atoms with E-state index in [9.17, 15) is 5.11 Å². The Morgan fingerprint density at radius 1 is 1.36 bits per heavy atom. The molecule has 2 aliphatic rings. The van der Waals surface area contributed by atoms with Gasteiger partial charge in [-0.1, -0.05) is 18.9 Å². The zero-order chi connectivity index (χ0) is 7.90. The van der Waals surface area contributed by atoms with Crippen LogP contribution in [0.3, 0.4) is 0 Å². The molecule has 2 atom stereocenters. The van der Waals surface area contributed by atoms with Crippen molar-refractivity contribution >= 4 is 0 Å². The molecule has 2 rings (SSSR count). The average molecular weight is 152 g/mol. The summed E-state index contributed by atoms with van der Waals surface area (Å²) in [6.45, 7) is 4.16. The summed E-state index contributed by atoms with van der Waals surface area (Å²) in [6, 6.07) is 0. The standard InChI is InChI=1S/C10H16O/c1-2-10(7-11)8-5-3-4-6-9(8)10/h2,8-9,11H,1,3-7H2. The molecule has 62 valence electrons. The monoisotopic (exact) mass is 152 g/mol. The molecule has 0 amide bonds. The SMILES string of the molecule is C=CC1(CO)C2CCCCC21. The number of rotatable bonds is 2. The van der Waals surface area contributed by atoms with Crippen LogP contribution < -0.4 is 0 Å². The van der Waals surface area contributed by atoms with E-state index in [4.69, 9.17) is 0 Å². The summed E-state index contributed by atoms with van der Waals surface area (Å²) in [7, 11) is 0. The molecule has 2 saturated carbocycles. The highest BCUT2D eigenvalue weighted by molar-refractivity contribution is 5.19. The molecule has 0 radical (unpaired) electrons. The molecule has 0 heterocycles. The van der Waals surface area contributed by atoms with Crippen molar-refractivity contribution in [2.75, 3.05) is 6.61 Å². The van der Waals surface area contributed by atoms with Crippen LogP contribution in [-0.2, 0) is 0 Å². The molecule has 0 aromatic carbocycles. The van der Waals surface area contributed by atoms with E-state index in [0.29, 0.717) is 6.61 Å². The summed E-state index contributed by atoms with van der Waals surface area (Å²) < 4.78 is 0. The van der Waals surface area contributed by atoms with Gasteiger partial charge in [-0.05, 0) is 24.7 Å². The second kappa shape index (κ2) is 2.34. The average Bonchev–Trinajstić information content (AvgIpc) is 2.74. The van der Waals surface area contributed by atoms with Crippen molar-refractivity contribution in [2.45, 2.75) is 25.7 Å². The summed E-state index contributed by atoms with van der Waals surface area (Å²) in [5.74, 6) is 1.55. The fourth-order valence-electron chi connectivity index (χ4n) is 2.90. The zero-order valence-corrected chi connectivity index (χ0v) is 6.92. The first kappa shape index (κ1) is 7.35. The van der Waals surface area contributed by atoms with Crippen LogP contribution in [0.25, 0.3) is 0 Å². The predicted octanol–water partition coefficient (Wildman–Crippen LogP) is 1.97. The van der Waals surface area contributed by atoms with Gasteiger partial charge in [0.15, 0.2) is 0 Å². The van der Waals surface area contributed by atoms with E-state index in [1.54, 1.807) is 0 Å². The molecule has 1 heteroatoms. The minimum Gasteiger partial charge on any atom is -0.395 e. The molecule has 2 fully saturated rings. The first-order valence-corrected chi connectivity index (χ1v) is 4.59. The normalized spacial score (nSPS) is 48.1. The van der Waals surface area contributed by atoms with Crippen molar-refractivity contribution in [1.82, 2.24) is 0 Å². The molecule has 0 aromatic heterocycles. The van der Waals surface area contributed by atoms with Gasteiger partial charge in [-0.2, -0.15) is 0 Å². The van der Waals surface area contributed by atoms with Gasteiger partial charge in [0.2, 0.25) is 0 Å². The summed E-state index contributed by atoms with van der Waals surface area (Å²) in [6.07, 6.45) is 7.34. The lowest BCUT2D eigenvalue weighted by atomic mass is 10.0. The fraction of sp³-hybridized carbons (Fsp3) is 0.800. The van der Waals surface area contributed by atoms with Gasteiger partial charge in [-0.3, -0.25) is 0 Å². The molecule has 11 heavy (non-hydrogen) atoms. The van der Waals surface area contributed by atoms with E-state index < -0.39 is 0 Å². The second-order valence-electron chi connectivity index (χ2n) is 3.97. The largest absolute Gasteiger partial charge is 0.395 e. The first-order valence-electron chi connectivity index (χ1n) is 4.59. The van der Waals surface area contributed by atoms with E-state index in [1.165, 1.54) is 25.7 Å². The van der Waals surface area contributed by atoms with Crippen molar-refractivity contribution in [3.05, 3.63) is 12.7 Å². The third-order valence-electron chi connectivity index (χ3n) is 3.69. The summed E-state index contributed by atoms with van der Waals surface area (Å²) >= 11 is 0. The van der Waals surface area contributed by atoms with Crippen LogP contribution in [0.5, 0.6) is 0 Å². The lowest BCUT2D eigenvalue weighted by Gasteiger charge is -2.05. The molecule has 2 aliphatic carbocycles. The lowest BCUT2D eigenvalue weighted by molar-refractivity contribution is 0.223. The summed E-state index contributed by atoms with van der Waals surface area (Å²) in [5, 5.41) is 9.22. The molecule has 0 saturated heterocycles. The number of fused-ring (bicyclic) bond motifs is 1. The summed E-state index contributed by atoms with van der Waals surface area (Å²) in [5.41, 5.74) is 0.149. The fourth-order valence-corrected chi connectivity index (χ4v) is 2.90. The highest BCUT2D eigenvalue weighted by Gasteiger charge is 2.61. The van der Waals surface area contributed by atoms with Crippen molar-refractivity contribution in [3.63, 3.8) is 0 Å². The topological polar surface area (TPSA) is 20.2 Å². The van der Waals surface area contributed by atoms with Crippen LogP contribution in [0.1, 0.15) is 25.7 Å². The van der Waals surface area contributed by atoms with Crippen LogP contribution in [0, 0.1) is 17.3 Å². The van der Waals surface area contributed by atoms with Gasteiger partial charge in [-0.25, -0.2) is 0 Å². The third-order valence-corrected chi connectivity index (χ3v) is 3.69. The van der Waals surface area contributed by atoms with E-state index in [-0.39, 0.29) is 5.41 Å². The van der Waals surface area contributed by atoms with Gasteiger partial charge in [0.25, 0.3) is 0 Å². The van der Waals surface area contributed by atoms with Gasteiger partial charge >= 0.3 is 0 Å². The minimum atomic E-state index is 0.149. The Morgan fingerprint density at radius 2 is 1.91 bits per heavy atom. The van der Waals surface area contributed by atoms with Gasteiger partial charge in [0, 0.05) is 5.41 Å². The first-order chi connectivity index (χ1) is 5.35. The van der Waals surface area contributed by atoms with Crippen LogP contribution in [-0.4, -0.2) is 11.7 Å². The Hall–Kier alpha value is -0.300. The van der Waals surface area contributed by atoms with Crippen molar-refractivity contribution in [2.24, 2.45) is 17.3 Å². The van der Waals surface area contributed by atoms with Crippen molar-refractivity contribution in [3.8, 4) is 0 Å². The molecule has 0 aliphatic heterocycles. The maximum atomic E-state index is 9.22. The van der Waals surface area contributed by atoms with Gasteiger partial charge in [0.05, 0.1) is 6.61 Å². The number of aliphatic hydroxyl groups excluding tert-OH is 1. The molecular weight excluding hydrogens is 136 g/mol. The minimum absolute atomic E-state index is 0.149. The molecule has 0 bridgehead atoms. The maximum Gasteiger partial charge on any atom is 0.0527 e. The second-order valence-corrected chi connectivity index (χ2v) is 3.97. The Labute approximate surface area is 68.1 Å². The smallest absolute Gasteiger partial charge is 0.0527 e. The van der Waals surface area contributed by atoms with E-state index in [2.05, 4.69) is 6.58 Å². The van der Waals surface area contributed by atoms with E-state index >= 15 is 0 Å². The maximum absolute atomic E-state index is 9.22. The van der Waals surface area contributed by atoms with Crippen molar-refractivity contribution in [1.29, 1.82) is 0 Å². The predicted molar refractivity (Wildman–Crippen MR) is 45.2 cm³/mol. The molecular formula is C10H16O. The number of hydrogen-bond acceptors (Lipinski definition) is 1. The van der Waals surface area contributed by atoms with Crippen LogP contribution in [0.2, 0.25) is 0 Å². The number of hydrogen-bond donors (Lipinski definition) is 1. The molecule has 0 spiro atoms. The Kier molecular flexibility index (Phi) is 1.57. The van der Waals surface area contributed by atoms with Gasteiger partial charge in [0.1, 0.15) is 0 Å². The number of aliphatic hydroxyl groups is 1.